The molecule has 0 aliphatic carbocycles. The maximum atomic E-state index is 12.0. The average molecular weight is 330 g/mol. The molecule has 0 aliphatic heterocycles. The predicted molar refractivity (Wildman–Crippen MR) is 94.5 cm³/mol. The summed E-state index contributed by atoms with van der Waals surface area (Å²) in [5.41, 5.74) is 2.10. The van der Waals surface area contributed by atoms with Crippen LogP contribution < -0.4 is 10.6 Å². The smallest absolute Gasteiger partial charge is 0.315 e. The van der Waals surface area contributed by atoms with Crippen LogP contribution in [-0.4, -0.2) is 22.5 Å². The van der Waals surface area contributed by atoms with E-state index in [1.165, 1.54) is 0 Å². The van der Waals surface area contributed by atoms with E-state index in [4.69, 9.17) is 0 Å². The molecule has 0 fully saturated rings. The zero-order valence-electron chi connectivity index (χ0n) is 13.2. The topological polar surface area (TPSA) is 58.2 Å². The van der Waals surface area contributed by atoms with E-state index >= 15 is 0 Å². The van der Waals surface area contributed by atoms with E-state index in [0.29, 0.717) is 18.1 Å². The van der Waals surface area contributed by atoms with E-state index < -0.39 is 10.8 Å². The fraction of sp³-hybridized carbons (Fsp3) is 0.278. The number of urea groups is 1. The number of amides is 2. The Balaban J connectivity index is 1.67. The number of rotatable bonds is 7. The summed E-state index contributed by atoms with van der Waals surface area (Å²) in [6, 6.07) is 19.2. The van der Waals surface area contributed by atoms with Crippen molar-refractivity contribution in [3.63, 3.8) is 0 Å². The Bertz CT molecular complexity index is 632. The second kappa shape index (κ2) is 9.10. The minimum atomic E-state index is -0.979. The lowest BCUT2D eigenvalue weighted by atomic mass is 10.1. The van der Waals surface area contributed by atoms with Crippen LogP contribution in [0.25, 0.3) is 0 Å². The molecule has 2 aromatic rings. The normalized spacial score (nSPS) is 13.1. The van der Waals surface area contributed by atoms with Crippen molar-refractivity contribution in [2.24, 2.45) is 0 Å². The number of benzene rings is 2. The molecule has 23 heavy (non-hydrogen) atoms. The Kier molecular flexibility index (Phi) is 6.81. The van der Waals surface area contributed by atoms with Gasteiger partial charge in [-0.15, -0.1) is 0 Å². The summed E-state index contributed by atoms with van der Waals surface area (Å²) in [5.74, 6) is 0.965. The van der Waals surface area contributed by atoms with Gasteiger partial charge in [0, 0.05) is 28.9 Å². The third-order valence-electron chi connectivity index (χ3n) is 3.43. The highest BCUT2D eigenvalue weighted by molar-refractivity contribution is 7.84. The van der Waals surface area contributed by atoms with Gasteiger partial charge in [0.1, 0.15) is 0 Å². The molecule has 2 amide bonds. The first kappa shape index (κ1) is 17.2. The first-order chi connectivity index (χ1) is 11.1. The van der Waals surface area contributed by atoms with Crippen LogP contribution in [0.15, 0.2) is 60.7 Å². The lowest BCUT2D eigenvalue weighted by Gasteiger charge is -2.15. The molecule has 0 bridgehead atoms. The highest BCUT2D eigenvalue weighted by Crippen LogP contribution is 2.10. The highest BCUT2D eigenvalue weighted by Gasteiger charge is 2.09. The monoisotopic (exact) mass is 330 g/mol. The van der Waals surface area contributed by atoms with Crippen LogP contribution in [0, 0.1) is 0 Å². The van der Waals surface area contributed by atoms with Crippen molar-refractivity contribution in [1.29, 1.82) is 0 Å². The van der Waals surface area contributed by atoms with Gasteiger partial charge in [-0.25, -0.2) is 4.79 Å². The zero-order valence-corrected chi connectivity index (χ0v) is 14.0. The quantitative estimate of drug-likeness (QED) is 0.820. The molecule has 5 heteroatoms. The lowest BCUT2D eigenvalue weighted by molar-refractivity contribution is 0.238. The molecule has 0 radical (unpaired) electrons. The predicted octanol–water partition coefficient (Wildman–Crippen LogP) is 3.00. The number of hydrogen-bond acceptors (Lipinski definition) is 2. The van der Waals surface area contributed by atoms with Crippen LogP contribution in [-0.2, 0) is 16.6 Å². The summed E-state index contributed by atoms with van der Waals surface area (Å²) in [4.78, 5) is 11.8. The van der Waals surface area contributed by atoms with Gasteiger partial charge in [-0.05, 0) is 18.1 Å². The number of nitrogens with one attached hydrogen (secondary N) is 2. The van der Waals surface area contributed by atoms with Crippen LogP contribution in [0.4, 0.5) is 4.79 Å². The van der Waals surface area contributed by atoms with Gasteiger partial charge in [0.2, 0.25) is 0 Å². The van der Waals surface area contributed by atoms with Gasteiger partial charge >= 0.3 is 6.03 Å². The second-order valence-corrected chi connectivity index (χ2v) is 6.88. The lowest BCUT2D eigenvalue weighted by Crippen LogP contribution is -2.38. The molecule has 2 atom stereocenters. The van der Waals surface area contributed by atoms with Gasteiger partial charge in [-0.3, -0.25) is 4.21 Å². The first-order valence-corrected chi connectivity index (χ1v) is 9.12. The standard InChI is InChI=1S/C18H22N2O2S/c1-15(17-10-6-3-7-11-17)20-18(21)19-12-13-23(22)14-16-8-4-2-5-9-16/h2-11,15H,12-14H2,1H3,(H2,19,20,21)/t15-,23+/m1/s1. The van der Waals surface area contributed by atoms with Crippen molar-refractivity contribution in [3.05, 3.63) is 71.8 Å². The molecule has 0 aliphatic rings. The molecule has 0 saturated heterocycles. The molecule has 0 aromatic heterocycles. The summed E-state index contributed by atoms with van der Waals surface area (Å²) in [6.45, 7) is 2.33. The van der Waals surface area contributed by atoms with Gasteiger partial charge in [-0.2, -0.15) is 0 Å². The van der Waals surface area contributed by atoms with Gasteiger partial charge < -0.3 is 10.6 Å². The Morgan fingerprint density at radius 3 is 2.30 bits per heavy atom. The first-order valence-electron chi connectivity index (χ1n) is 7.63. The molecule has 2 aromatic carbocycles. The molecule has 2 N–H and O–H groups in total. The summed E-state index contributed by atoms with van der Waals surface area (Å²) in [6.07, 6.45) is 0. The number of carbonyl (C=O) groups excluding carboxylic acids is 1. The SMILES string of the molecule is C[C@@H](NC(=O)NCC[S@](=O)Cc1ccccc1)c1ccccc1. The van der Waals surface area contributed by atoms with Gasteiger partial charge in [0.25, 0.3) is 0 Å². The van der Waals surface area contributed by atoms with E-state index in [1.807, 2.05) is 67.6 Å². The summed E-state index contributed by atoms with van der Waals surface area (Å²) >= 11 is 0. The molecular weight excluding hydrogens is 308 g/mol. The van der Waals surface area contributed by atoms with Crippen molar-refractivity contribution < 1.29 is 9.00 Å². The maximum Gasteiger partial charge on any atom is 0.315 e. The molecule has 2 rings (SSSR count). The molecule has 0 heterocycles. The highest BCUT2D eigenvalue weighted by atomic mass is 32.2. The Labute approximate surface area is 139 Å². The van der Waals surface area contributed by atoms with Crippen LogP contribution >= 0.6 is 0 Å². The number of hydrogen-bond donors (Lipinski definition) is 2. The maximum absolute atomic E-state index is 12.0. The van der Waals surface area contributed by atoms with E-state index in [9.17, 15) is 9.00 Å². The fourth-order valence-electron chi connectivity index (χ4n) is 2.18. The fourth-order valence-corrected chi connectivity index (χ4v) is 3.22. The molecule has 0 spiro atoms. The Hall–Kier alpha value is -2.14. The van der Waals surface area contributed by atoms with Gasteiger partial charge in [-0.1, -0.05) is 60.7 Å². The van der Waals surface area contributed by atoms with E-state index in [-0.39, 0.29) is 12.1 Å². The Morgan fingerprint density at radius 2 is 1.65 bits per heavy atom. The van der Waals surface area contributed by atoms with Crippen molar-refractivity contribution in [1.82, 2.24) is 10.6 Å². The molecule has 0 saturated carbocycles. The molecule has 122 valence electrons. The summed E-state index contributed by atoms with van der Waals surface area (Å²) in [7, 11) is -0.979. The van der Waals surface area contributed by atoms with E-state index in [1.54, 1.807) is 0 Å². The third-order valence-corrected chi connectivity index (χ3v) is 4.75. The minimum Gasteiger partial charge on any atom is -0.337 e. The summed E-state index contributed by atoms with van der Waals surface area (Å²) < 4.78 is 12.0. The van der Waals surface area contributed by atoms with Gasteiger partial charge in [0.05, 0.1) is 6.04 Å². The Morgan fingerprint density at radius 1 is 1.04 bits per heavy atom. The van der Waals surface area contributed by atoms with Crippen LogP contribution in [0.3, 0.4) is 0 Å². The number of carbonyl (C=O) groups is 1. The van der Waals surface area contributed by atoms with Crippen LogP contribution in [0.5, 0.6) is 0 Å². The van der Waals surface area contributed by atoms with Crippen LogP contribution in [0.1, 0.15) is 24.1 Å². The summed E-state index contributed by atoms with van der Waals surface area (Å²) in [5, 5.41) is 5.63. The van der Waals surface area contributed by atoms with Crippen molar-refractivity contribution in [2.45, 2.75) is 18.7 Å². The molecule has 0 unspecified atom stereocenters. The molecular formula is C18H22N2O2S. The van der Waals surface area contributed by atoms with Crippen molar-refractivity contribution in [2.75, 3.05) is 12.3 Å². The third kappa shape index (κ3) is 6.24. The molecule has 4 nitrogen and oxygen atoms in total. The van der Waals surface area contributed by atoms with Gasteiger partial charge in [0.15, 0.2) is 0 Å². The minimum absolute atomic E-state index is 0.0639. The van der Waals surface area contributed by atoms with Crippen molar-refractivity contribution in [3.8, 4) is 0 Å². The van der Waals surface area contributed by atoms with Crippen molar-refractivity contribution >= 4 is 16.8 Å². The van der Waals surface area contributed by atoms with E-state index in [0.717, 1.165) is 11.1 Å². The largest absolute Gasteiger partial charge is 0.337 e. The van der Waals surface area contributed by atoms with E-state index in [2.05, 4.69) is 10.6 Å². The second-order valence-electron chi connectivity index (χ2n) is 5.31. The zero-order chi connectivity index (χ0) is 16.5. The average Bonchev–Trinajstić information content (AvgIpc) is 2.56. The van der Waals surface area contributed by atoms with Crippen LogP contribution in [0.2, 0.25) is 0 Å².